The normalized spacial score (nSPS) is 11.3. The number of aromatic hydroxyl groups is 1. The van der Waals surface area contributed by atoms with E-state index >= 15 is 0 Å². The largest absolute Gasteiger partial charge is 0.507 e. The molecule has 0 fully saturated rings. The minimum atomic E-state index is -3.99. The van der Waals surface area contributed by atoms with Crippen LogP contribution in [0.1, 0.15) is 17.3 Å². The molecular weight excluding hydrogens is 425 g/mol. The lowest BCUT2D eigenvalue weighted by Crippen LogP contribution is -2.13. The minimum Gasteiger partial charge on any atom is -0.507 e. The lowest BCUT2D eigenvalue weighted by atomic mass is 10.2. The Morgan fingerprint density at radius 2 is 2.00 bits per heavy atom. The van der Waals surface area contributed by atoms with Crippen molar-refractivity contribution in [1.82, 2.24) is 0 Å². The number of sulfonamides is 1. The van der Waals surface area contributed by atoms with Gasteiger partial charge in [-0.1, -0.05) is 23.2 Å². The third-order valence-electron chi connectivity index (χ3n) is 3.05. The van der Waals surface area contributed by atoms with Crippen LogP contribution in [0.2, 0.25) is 8.67 Å². The van der Waals surface area contributed by atoms with Gasteiger partial charge in [-0.05, 0) is 25.1 Å². The molecule has 142 valence electrons. The van der Waals surface area contributed by atoms with Crippen molar-refractivity contribution in [3.8, 4) is 5.75 Å². The second kappa shape index (κ2) is 8.92. The molecule has 0 bridgehead atoms. The number of thiophene rings is 1. The Morgan fingerprint density at radius 3 is 2.58 bits per heavy atom. The highest BCUT2D eigenvalue weighted by Crippen LogP contribution is 2.35. The van der Waals surface area contributed by atoms with Crippen molar-refractivity contribution in [2.45, 2.75) is 11.8 Å². The van der Waals surface area contributed by atoms with E-state index in [1.807, 2.05) is 6.92 Å². The topological polar surface area (TPSA) is 102 Å². The zero-order chi connectivity index (χ0) is 19.3. The number of rotatable bonds is 8. The molecular formula is C15H15Cl2NO6S2. The molecule has 0 unspecified atom stereocenters. The molecule has 2 N–H and O–H groups in total. The predicted molar refractivity (Wildman–Crippen MR) is 100 cm³/mol. The molecule has 0 aliphatic carbocycles. The Morgan fingerprint density at radius 1 is 1.27 bits per heavy atom. The highest BCUT2D eigenvalue weighted by Gasteiger charge is 2.22. The molecule has 0 saturated carbocycles. The molecule has 2 aromatic rings. The van der Waals surface area contributed by atoms with E-state index in [2.05, 4.69) is 4.72 Å². The van der Waals surface area contributed by atoms with Gasteiger partial charge in [0.1, 0.15) is 27.2 Å². The van der Waals surface area contributed by atoms with Crippen molar-refractivity contribution >= 4 is 56.2 Å². The standard InChI is InChI=1S/C15H15Cl2NO6S2/c1-2-23-5-6-24-15(20)10-4-3-9(7-11(10)19)18-26(21,22)12-8-13(16)25-14(12)17/h3-4,7-8,18-19H,2,5-6H2,1H3. The molecule has 0 aliphatic rings. The van der Waals surface area contributed by atoms with Gasteiger partial charge in [0, 0.05) is 12.7 Å². The Labute approximate surface area is 164 Å². The monoisotopic (exact) mass is 439 g/mol. The number of carbonyl (C=O) groups excluding carboxylic acids is 1. The smallest absolute Gasteiger partial charge is 0.341 e. The van der Waals surface area contributed by atoms with Crippen LogP contribution in [-0.2, 0) is 19.5 Å². The van der Waals surface area contributed by atoms with Gasteiger partial charge in [-0.15, -0.1) is 11.3 Å². The van der Waals surface area contributed by atoms with Crippen LogP contribution in [0.4, 0.5) is 5.69 Å². The lowest BCUT2D eigenvalue weighted by Gasteiger charge is -2.10. The van der Waals surface area contributed by atoms with Gasteiger partial charge in [0.25, 0.3) is 10.0 Å². The summed E-state index contributed by atoms with van der Waals surface area (Å²) in [5.41, 5.74) is -0.0483. The van der Waals surface area contributed by atoms with E-state index in [-0.39, 0.29) is 38.0 Å². The second-order valence-electron chi connectivity index (χ2n) is 4.86. The fourth-order valence-corrected chi connectivity index (χ4v) is 5.10. The maximum absolute atomic E-state index is 12.3. The molecule has 0 radical (unpaired) electrons. The van der Waals surface area contributed by atoms with E-state index in [0.717, 1.165) is 17.4 Å². The molecule has 0 aliphatic heterocycles. The van der Waals surface area contributed by atoms with E-state index < -0.39 is 21.7 Å². The first kappa shape index (κ1) is 20.8. The van der Waals surface area contributed by atoms with Gasteiger partial charge in [-0.25, -0.2) is 13.2 Å². The summed E-state index contributed by atoms with van der Waals surface area (Å²) in [6.45, 7) is 2.59. The number of ether oxygens (including phenoxy) is 2. The molecule has 26 heavy (non-hydrogen) atoms. The molecule has 1 heterocycles. The van der Waals surface area contributed by atoms with Crippen LogP contribution in [0.25, 0.3) is 0 Å². The van der Waals surface area contributed by atoms with Crippen LogP contribution in [-0.4, -0.2) is 39.3 Å². The Kier molecular flexibility index (Phi) is 7.13. The summed E-state index contributed by atoms with van der Waals surface area (Å²) in [5, 5.41) is 9.98. The zero-order valence-corrected chi connectivity index (χ0v) is 16.6. The summed E-state index contributed by atoms with van der Waals surface area (Å²) in [5.74, 6) is -1.18. The molecule has 2 rings (SSSR count). The van der Waals surface area contributed by atoms with Crippen LogP contribution in [0.3, 0.4) is 0 Å². The number of phenolic OH excluding ortho intramolecular Hbond substituents is 1. The minimum absolute atomic E-state index is 0.0150. The van der Waals surface area contributed by atoms with Crippen LogP contribution in [0.15, 0.2) is 29.2 Å². The fourth-order valence-electron chi connectivity index (χ4n) is 1.90. The quantitative estimate of drug-likeness (QED) is 0.479. The van der Waals surface area contributed by atoms with Crippen molar-refractivity contribution in [2.24, 2.45) is 0 Å². The Bertz CT molecular complexity index is 898. The van der Waals surface area contributed by atoms with Crippen LogP contribution >= 0.6 is 34.5 Å². The van der Waals surface area contributed by atoms with Crippen molar-refractivity contribution in [2.75, 3.05) is 24.5 Å². The summed E-state index contributed by atoms with van der Waals surface area (Å²) < 4.78 is 37.2. The average molecular weight is 440 g/mol. The van der Waals surface area contributed by atoms with E-state index in [9.17, 15) is 18.3 Å². The Balaban J connectivity index is 2.11. The molecule has 0 atom stereocenters. The first-order valence-corrected chi connectivity index (χ1v) is 10.4. The summed E-state index contributed by atoms with van der Waals surface area (Å²) in [6, 6.07) is 4.89. The maximum Gasteiger partial charge on any atom is 0.341 e. The summed E-state index contributed by atoms with van der Waals surface area (Å²) in [4.78, 5) is 11.7. The highest BCUT2D eigenvalue weighted by molar-refractivity contribution is 7.93. The SMILES string of the molecule is CCOCCOC(=O)c1ccc(NS(=O)(=O)c2cc(Cl)sc2Cl)cc1O. The molecule has 1 aromatic carbocycles. The number of anilines is 1. The third-order valence-corrected chi connectivity index (χ3v) is 6.18. The van der Waals surface area contributed by atoms with E-state index in [1.165, 1.54) is 18.2 Å². The number of phenols is 1. The second-order valence-corrected chi connectivity index (χ2v) is 8.80. The van der Waals surface area contributed by atoms with Crippen molar-refractivity contribution < 1.29 is 27.8 Å². The molecule has 1 aromatic heterocycles. The molecule has 0 amide bonds. The van der Waals surface area contributed by atoms with E-state index in [4.69, 9.17) is 32.7 Å². The fraction of sp³-hybridized carbons (Fsp3) is 0.267. The van der Waals surface area contributed by atoms with Crippen molar-refractivity contribution in [3.63, 3.8) is 0 Å². The van der Waals surface area contributed by atoms with Crippen LogP contribution in [0.5, 0.6) is 5.75 Å². The van der Waals surface area contributed by atoms with Crippen molar-refractivity contribution in [3.05, 3.63) is 38.5 Å². The number of nitrogens with one attached hydrogen (secondary N) is 1. The number of halogens is 2. The van der Waals surface area contributed by atoms with Gasteiger partial charge in [-0.3, -0.25) is 4.72 Å². The average Bonchev–Trinajstić information content (AvgIpc) is 2.90. The number of hydrogen-bond acceptors (Lipinski definition) is 7. The maximum atomic E-state index is 12.3. The number of benzene rings is 1. The number of carbonyl (C=O) groups is 1. The van der Waals surface area contributed by atoms with Crippen LogP contribution < -0.4 is 4.72 Å². The lowest BCUT2D eigenvalue weighted by molar-refractivity contribution is 0.0332. The van der Waals surface area contributed by atoms with Gasteiger partial charge in [0.2, 0.25) is 0 Å². The molecule has 0 saturated heterocycles. The zero-order valence-electron chi connectivity index (χ0n) is 13.5. The van der Waals surface area contributed by atoms with Gasteiger partial charge in [0.15, 0.2) is 0 Å². The first-order valence-electron chi connectivity index (χ1n) is 7.30. The number of hydrogen-bond donors (Lipinski definition) is 2. The molecule has 0 spiro atoms. The van der Waals surface area contributed by atoms with Crippen LogP contribution in [0, 0.1) is 0 Å². The van der Waals surface area contributed by atoms with Gasteiger partial charge in [-0.2, -0.15) is 0 Å². The van der Waals surface area contributed by atoms with Gasteiger partial charge in [0.05, 0.1) is 16.6 Å². The van der Waals surface area contributed by atoms with E-state index in [0.29, 0.717) is 6.61 Å². The molecule has 7 nitrogen and oxygen atoms in total. The van der Waals surface area contributed by atoms with Gasteiger partial charge < -0.3 is 14.6 Å². The summed E-state index contributed by atoms with van der Waals surface area (Å²) in [7, 11) is -3.99. The Hall–Kier alpha value is -1.52. The first-order chi connectivity index (χ1) is 12.2. The van der Waals surface area contributed by atoms with Crippen molar-refractivity contribution in [1.29, 1.82) is 0 Å². The number of esters is 1. The molecule has 11 heteroatoms. The van der Waals surface area contributed by atoms with E-state index in [1.54, 1.807) is 0 Å². The summed E-state index contributed by atoms with van der Waals surface area (Å²) >= 11 is 12.5. The van der Waals surface area contributed by atoms with Gasteiger partial charge >= 0.3 is 5.97 Å². The third kappa shape index (κ3) is 5.24. The predicted octanol–water partition coefficient (Wildman–Crippen LogP) is 3.75. The summed E-state index contributed by atoms with van der Waals surface area (Å²) in [6.07, 6.45) is 0. The highest BCUT2D eigenvalue weighted by atomic mass is 35.5.